The zero-order chi connectivity index (χ0) is 29.2. The van der Waals surface area contributed by atoms with E-state index in [9.17, 15) is 0 Å². The summed E-state index contributed by atoms with van der Waals surface area (Å²) in [7, 11) is 0. The number of hydrogen-bond acceptors (Lipinski definition) is 1. The van der Waals surface area contributed by atoms with Crippen molar-refractivity contribution in [3.63, 3.8) is 0 Å². The fourth-order valence-corrected chi connectivity index (χ4v) is 8.43. The second kappa shape index (κ2) is 8.49. The van der Waals surface area contributed by atoms with Crippen molar-refractivity contribution >= 4 is 70.2 Å². The minimum atomic E-state index is 0.0140. The van der Waals surface area contributed by atoms with Crippen LogP contribution >= 0.6 is 0 Å². The van der Waals surface area contributed by atoms with Crippen molar-refractivity contribution in [3.8, 4) is 16.9 Å². The molecule has 0 fully saturated rings. The number of allylic oxidation sites excluding steroid dienone is 2. The van der Waals surface area contributed by atoms with Gasteiger partial charge in [0.1, 0.15) is 11.9 Å². The lowest BCUT2D eigenvalue weighted by atomic mass is 9.83. The normalized spacial score (nSPS) is 17.6. The summed E-state index contributed by atoms with van der Waals surface area (Å²) >= 11 is 0. The standard InChI is InChI=1S/C44H26O/c1-3-25-7-9-29-11-17-33(35-19-13-27(5-1)41(25)43(29)35)31-15-21-39-37(23-31)38-24-32(16-22-40(38)45-39)34-18-12-30-10-8-26-4-2-6-28-14-20-36(34)44(30)42(26)28/h1-24,37,39H. The monoisotopic (exact) mass is 570 g/mol. The van der Waals surface area contributed by atoms with E-state index in [2.05, 4.69) is 146 Å². The van der Waals surface area contributed by atoms with Crippen molar-refractivity contribution in [2.45, 2.75) is 12.0 Å². The Morgan fingerprint density at radius 2 is 1.00 bits per heavy atom. The van der Waals surface area contributed by atoms with Gasteiger partial charge in [-0.15, -0.1) is 0 Å². The molecular weight excluding hydrogens is 544 g/mol. The number of benzene rings is 9. The molecule has 1 aliphatic carbocycles. The van der Waals surface area contributed by atoms with Gasteiger partial charge in [-0.25, -0.2) is 0 Å². The largest absolute Gasteiger partial charge is 0.485 e. The summed E-state index contributed by atoms with van der Waals surface area (Å²) in [4.78, 5) is 0. The van der Waals surface area contributed by atoms with Gasteiger partial charge in [0.05, 0.1) is 0 Å². The molecular formula is C44H26O. The van der Waals surface area contributed by atoms with E-state index < -0.39 is 0 Å². The predicted octanol–water partition coefficient (Wildman–Crippen LogP) is 11.6. The van der Waals surface area contributed by atoms with E-state index >= 15 is 0 Å². The van der Waals surface area contributed by atoms with Crippen molar-refractivity contribution < 1.29 is 4.74 Å². The Morgan fingerprint density at radius 1 is 0.467 bits per heavy atom. The molecule has 1 heteroatoms. The van der Waals surface area contributed by atoms with Crippen LogP contribution in [0.4, 0.5) is 0 Å². The molecule has 2 aliphatic rings. The van der Waals surface area contributed by atoms with Crippen LogP contribution in [0.5, 0.6) is 5.75 Å². The third-order valence-electron chi connectivity index (χ3n) is 10.5. The molecule has 0 saturated carbocycles. The lowest BCUT2D eigenvalue weighted by Gasteiger charge is -2.21. The van der Waals surface area contributed by atoms with Crippen molar-refractivity contribution in [1.29, 1.82) is 0 Å². The summed E-state index contributed by atoms with van der Waals surface area (Å²) in [6.07, 6.45) is 6.98. The average molecular weight is 571 g/mol. The SMILES string of the molecule is C1=CC2Oc3ccc(-c4ccc5ccc6cccc7ccc4c5c67)cc3C2C=C1c1ccc2ccc3cccc4ccc1c2c34. The third kappa shape index (κ3) is 3.17. The van der Waals surface area contributed by atoms with E-state index in [0.717, 1.165) is 5.75 Å². The lowest BCUT2D eigenvalue weighted by Crippen LogP contribution is -2.17. The van der Waals surface area contributed by atoms with E-state index in [1.807, 2.05) is 0 Å². The van der Waals surface area contributed by atoms with E-state index in [0.29, 0.717) is 0 Å². The number of ether oxygens (including phenoxy) is 1. The lowest BCUT2D eigenvalue weighted by molar-refractivity contribution is 0.269. The van der Waals surface area contributed by atoms with Gasteiger partial charge < -0.3 is 4.74 Å². The minimum Gasteiger partial charge on any atom is -0.485 e. The molecule has 45 heavy (non-hydrogen) atoms. The van der Waals surface area contributed by atoms with Crippen LogP contribution < -0.4 is 4.74 Å². The number of rotatable bonds is 2. The first kappa shape index (κ1) is 23.8. The topological polar surface area (TPSA) is 9.23 Å². The maximum Gasteiger partial charge on any atom is 0.128 e. The van der Waals surface area contributed by atoms with Crippen LogP contribution in [0.2, 0.25) is 0 Å². The Balaban J connectivity index is 1.07. The molecule has 0 N–H and O–H groups in total. The van der Waals surface area contributed by atoms with Crippen molar-refractivity contribution in [3.05, 3.63) is 157 Å². The van der Waals surface area contributed by atoms with Gasteiger partial charge in [-0.1, -0.05) is 127 Å². The average Bonchev–Trinajstić information content (AvgIpc) is 3.46. The summed E-state index contributed by atoms with van der Waals surface area (Å²) in [5, 5.41) is 15.8. The van der Waals surface area contributed by atoms with Crippen LogP contribution in [0.15, 0.2) is 146 Å². The van der Waals surface area contributed by atoms with E-state index in [4.69, 9.17) is 4.74 Å². The summed E-state index contributed by atoms with van der Waals surface area (Å²) in [5.41, 5.74) is 6.32. The summed E-state index contributed by atoms with van der Waals surface area (Å²) in [6, 6.07) is 47.4. The van der Waals surface area contributed by atoms with Crippen LogP contribution in [0.3, 0.4) is 0 Å². The maximum absolute atomic E-state index is 6.51. The highest BCUT2D eigenvalue weighted by atomic mass is 16.5. The molecule has 0 radical (unpaired) electrons. The second-order valence-corrected chi connectivity index (χ2v) is 12.8. The van der Waals surface area contributed by atoms with Crippen molar-refractivity contribution in [1.82, 2.24) is 0 Å². The van der Waals surface area contributed by atoms with Crippen LogP contribution in [0.1, 0.15) is 17.0 Å². The molecule has 1 nitrogen and oxygen atoms in total. The summed E-state index contributed by atoms with van der Waals surface area (Å²) < 4.78 is 6.51. The van der Waals surface area contributed by atoms with Crippen LogP contribution in [0, 0.1) is 0 Å². The van der Waals surface area contributed by atoms with Gasteiger partial charge >= 0.3 is 0 Å². The third-order valence-corrected chi connectivity index (χ3v) is 10.5. The summed E-state index contributed by atoms with van der Waals surface area (Å²) in [6.45, 7) is 0. The molecule has 0 aromatic heterocycles. The Hall–Kier alpha value is -5.66. The Morgan fingerprint density at radius 3 is 1.64 bits per heavy atom. The van der Waals surface area contributed by atoms with Gasteiger partial charge in [-0.2, -0.15) is 0 Å². The first-order chi connectivity index (χ1) is 22.3. The van der Waals surface area contributed by atoms with E-state index in [1.54, 1.807) is 0 Å². The van der Waals surface area contributed by atoms with E-state index in [1.165, 1.54) is 92.5 Å². The molecule has 0 spiro atoms. The fourth-order valence-electron chi connectivity index (χ4n) is 8.43. The zero-order valence-corrected chi connectivity index (χ0v) is 24.4. The van der Waals surface area contributed by atoms with Crippen molar-refractivity contribution in [2.75, 3.05) is 0 Å². The van der Waals surface area contributed by atoms with Gasteiger partial charge in [-0.3, -0.25) is 0 Å². The molecule has 0 saturated heterocycles. The fraction of sp³-hybridized carbons (Fsp3) is 0.0455. The number of hydrogen-bond donors (Lipinski definition) is 0. The highest BCUT2D eigenvalue weighted by Gasteiger charge is 2.34. The van der Waals surface area contributed by atoms with Gasteiger partial charge in [0.25, 0.3) is 0 Å². The smallest absolute Gasteiger partial charge is 0.128 e. The Bertz CT molecular complexity index is 2710. The molecule has 2 atom stereocenters. The molecule has 1 aliphatic heterocycles. The zero-order valence-electron chi connectivity index (χ0n) is 24.4. The first-order valence-electron chi connectivity index (χ1n) is 15.8. The molecule has 2 unspecified atom stereocenters. The van der Waals surface area contributed by atoms with Crippen LogP contribution in [0.25, 0.3) is 81.3 Å². The molecule has 0 amide bonds. The molecule has 1 heterocycles. The molecule has 9 aromatic rings. The van der Waals surface area contributed by atoms with Crippen LogP contribution in [-0.4, -0.2) is 6.10 Å². The van der Waals surface area contributed by atoms with Gasteiger partial charge in [0, 0.05) is 11.5 Å². The van der Waals surface area contributed by atoms with Gasteiger partial charge in [-0.05, 0) is 105 Å². The quantitative estimate of drug-likeness (QED) is 0.188. The van der Waals surface area contributed by atoms with Gasteiger partial charge in [0.2, 0.25) is 0 Å². The first-order valence-corrected chi connectivity index (χ1v) is 15.8. The second-order valence-electron chi connectivity index (χ2n) is 12.8. The maximum atomic E-state index is 6.51. The molecule has 9 aromatic carbocycles. The van der Waals surface area contributed by atoms with Crippen molar-refractivity contribution in [2.24, 2.45) is 0 Å². The molecule has 208 valence electrons. The highest BCUT2D eigenvalue weighted by Crippen LogP contribution is 2.48. The molecule has 11 rings (SSSR count). The highest BCUT2D eigenvalue weighted by molar-refractivity contribution is 6.26. The number of fused-ring (bicyclic) bond motifs is 3. The van der Waals surface area contributed by atoms with E-state index in [-0.39, 0.29) is 12.0 Å². The van der Waals surface area contributed by atoms with Crippen LogP contribution in [-0.2, 0) is 0 Å². The van der Waals surface area contributed by atoms with Gasteiger partial charge in [0.15, 0.2) is 0 Å². The molecule has 0 bridgehead atoms. The Kier molecular flexibility index (Phi) is 4.48. The minimum absolute atomic E-state index is 0.0140. The Labute approximate surface area is 260 Å². The predicted molar refractivity (Wildman–Crippen MR) is 190 cm³/mol. The summed E-state index contributed by atoms with van der Waals surface area (Å²) in [5.74, 6) is 1.15.